The summed E-state index contributed by atoms with van der Waals surface area (Å²) in [4.78, 5) is 40.6. The molecule has 0 bridgehead atoms. The first kappa shape index (κ1) is 18.8. The van der Waals surface area contributed by atoms with Crippen molar-refractivity contribution in [1.29, 1.82) is 0 Å². The standard InChI is InChI=1S/C23H24N4O3/c24-18-9-10-26(19-4-2-1-3-16(18)19)12-14-5-6-15-13-27(23(30)17(15)11-14)20-7-8-21(28)25-22(20)29/h1-6,11,18,20H,7-10,12-13,24H2,(H,25,28,29). The van der Waals surface area contributed by atoms with Gasteiger partial charge in [0.25, 0.3) is 5.91 Å². The van der Waals surface area contributed by atoms with Crippen LogP contribution in [0.25, 0.3) is 0 Å². The minimum atomic E-state index is -0.582. The highest BCUT2D eigenvalue weighted by Gasteiger charge is 2.39. The third-order valence-corrected chi connectivity index (χ3v) is 6.35. The van der Waals surface area contributed by atoms with E-state index in [1.54, 1.807) is 4.90 Å². The van der Waals surface area contributed by atoms with Crippen molar-refractivity contribution in [2.24, 2.45) is 5.73 Å². The second-order valence-corrected chi connectivity index (χ2v) is 8.27. The molecule has 2 aromatic carbocycles. The first-order valence-corrected chi connectivity index (χ1v) is 10.4. The van der Waals surface area contributed by atoms with E-state index in [1.807, 2.05) is 24.3 Å². The van der Waals surface area contributed by atoms with E-state index in [4.69, 9.17) is 5.73 Å². The van der Waals surface area contributed by atoms with E-state index in [-0.39, 0.29) is 30.2 Å². The number of fused-ring (bicyclic) bond motifs is 2. The summed E-state index contributed by atoms with van der Waals surface area (Å²) in [5.74, 6) is -0.791. The monoisotopic (exact) mass is 404 g/mol. The van der Waals surface area contributed by atoms with Crippen LogP contribution < -0.4 is 16.0 Å². The average Bonchev–Trinajstić information content (AvgIpc) is 3.06. The van der Waals surface area contributed by atoms with Crippen molar-refractivity contribution in [3.05, 3.63) is 64.7 Å². The molecule has 1 fully saturated rings. The molecule has 154 valence electrons. The van der Waals surface area contributed by atoms with Gasteiger partial charge in [-0.2, -0.15) is 0 Å². The number of nitrogens with two attached hydrogens (primary N) is 1. The number of anilines is 1. The first-order chi connectivity index (χ1) is 14.5. The second-order valence-electron chi connectivity index (χ2n) is 8.27. The maximum absolute atomic E-state index is 13.0. The SMILES string of the molecule is NC1CCN(Cc2ccc3c(c2)C(=O)N(C2CCC(=O)NC2=O)C3)c2ccccc21. The zero-order chi connectivity index (χ0) is 20.8. The predicted molar refractivity (Wildman–Crippen MR) is 112 cm³/mol. The van der Waals surface area contributed by atoms with Crippen molar-refractivity contribution < 1.29 is 14.4 Å². The molecule has 0 radical (unpaired) electrons. The number of para-hydroxylation sites is 1. The highest BCUT2D eigenvalue weighted by molar-refractivity contribution is 6.05. The minimum Gasteiger partial charge on any atom is -0.367 e. The highest BCUT2D eigenvalue weighted by atomic mass is 16.2. The molecule has 7 heteroatoms. The van der Waals surface area contributed by atoms with Crippen LogP contribution in [0.15, 0.2) is 42.5 Å². The lowest BCUT2D eigenvalue weighted by Crippen LogP contribution is -2.52. The Bertz CT molecular complexity index is 1050. The van der Waals surface area contributed by atoms with Gasteiger partial charge >= 0.3 is 0 Å². The van der Waals surface area contributed by atoms with Gasteiger partial charge in [0.1, 0.15) is 6.04 Å². The van der Waals surface area contributed by atoms with Crippen LogP contribution in [0.4, 0.5) is 5.69 Å². The number of piperidine rings is 1. The number of hydrogen-bond acceptors (Lipinski definition) is 5. The molecule has 1 saturated heterocycles. The van der Waals surface area contributed by atoms with Gasteiger partial charge in [-0.15, -0.1) is 0 Å². The molecule has 0 spiro atoms. The van der Waals surface area contributed by atoms with E-state index in [9.17, 15) is 14.4 Å². The van der Waals surface area contributed by atoms with Crippen molar-refractivity contribution in [3.63, 3.8) is 0 Å². The van der Waals surface area contributed by atoms with E-state index in [0.29, 0.717) is 25.1 Å². The van der Waals surface area contributed by atoms with E-state index in [0.717, 1.165) is 35.3 Å². The van der Waals surface area contributed by atoms with Crippen molar-refractivity contribution in [3.8, 4) is 0 Å². The van der Waals surface area contributed by atoms with Gasteiger partial charge in [0.05, 0.1) is 0 Å². The minimum absolute atomic E-state index is 0.0566. The summed E-state index contributed by atoms with van der Waals surface area (Å²) in [7, 11) is 0. The first-order valence-electron chi connectivity index (χ1n) is 10.4. The topological polar surface area (TPSA) is 95.7 Å². The molecule has 0 aromatic heterocycles. The molecule has 3 heterocycles. The Hall–Kier alpha value is -3.19. The predicted octanol–water partition coefficient (Wildman–Crippen LogP) is 1.86. The van der Waals surface area contributed by atoms with Crippen LogP contribution in [0.2, 0.25) is 0 Å². The maximum Gasteiger partial charge on any atom is 0.255 e. The molecule has 2 aromatic rings. The average molecular weight is 404 g/mol. The number of amides is 3. The van der Waals surface area contributed by atoms with Crippen molar-refractivity contribution in [2.75, 3.05) is 11.4 Å². The van der Waals surface area contributed by atoms with Gasteiger partial charge in [-0.25, -0.2) is 0 Å². The van der Waals surface area contributed by atoms with Crippen LogP contribution in [0.1, 0.15) is 52.4 Å². The van der Waals surface area contributed by atoms with Crippen LogP contribution in [0, 0.1) is 0 Å². The third kappa shape index (κ3) is 3.15. The van der Waals surface area contributed by atoms with Gasteiger partial charge in [0.2, 0.25) is 11.8 Å². The quantitative estimate of drug-likeness (QED) is 0.762. The maximum atomic E-state index is 13.0. The summed E-state index contributed by atoms with van der Waals surface area (Å²) in [5.41, 5.74) is 11.2. The number of imide groups is 1. The molecule has 3 aliphatic rings. The summed E-state index contributed by atoms with van der Waals surface area (Å²) in [5, 5.41) is 2.34. The lowest BCUT2D eigenvalue weighted by molar-refractivity contribution is -0.136. The van der Waals surface area contributed by atoms with Crippen LogP contribution in [-0.2, 0) is 22.7 Å². The number of carbonyl (C=O) groups excluding carboxylic acids is 3. The summed E-state index contributed by atoms with van der Waals surface area (Å²) >= 11 is 0. The number of nitrogens with one attached hydrogen (secondary N) is 1. The molecule has 0 aliphatic carbocycles. The normalized spacial score (nSPS) is 23.3. The number of benzene rings is 2. The number of carbonyl (C=O) groups is 3. The Kier molecular flexibility index (Phi) is 4.55. The lowest BCUT2D eigenvalue weighted by Gasteiger charge is -2.34. The van der Waals surface area contributed by atoms with Gasteiger partial charge in [-0.1, -0.05) is 30.3 Å². The van der Waals surface area contributed by atoms with E-state index >= 15 is 0 Å². The Morgan fingerprint density at radius 2 is 1.90 bits per heavy atom. The van der Waals surface area contributed by atoms with Gasteiger partial charge in [-0.3, -0.25) is 19.7 Å². The summed E-state index contributed by atoms with van der Waals surface area (Å²) in [6, 6.07) is 13.7. The summed E-state index contributed by atoms with van der Waals surface area (Å²) in [6.45, 7) is 1.97. The highest BCUT2D eigenvalue weighted by Crippen LogP contribution is 2.34. The molecule has 30 heavy (non-hydrogen) atoms. The van der Waals surface area contributed by atoms with Crippen molar-refractivity contribution >= 4 is 23.4 Å². The largest absolute Gasteiger partial charge is 0.367 e. The fourth-order valence-electron chi connectivity index (χ4n) is 4.74. The molecule has 7 nitrogen and oxygen atoms in total. The molecule has 2 unspecified atom stereocenters. The van der Waals surface area contributed by atoms with Crippen molar-refractivity contribution in [2.45, 2.75) is 44.4 Å². The van der Waals surface area contributed by atoms with Gasteiger partial charge in [-0.05, 0) is 41.7 Å². The fraction of sp³-hybridized carbons (Fsp3) is 0.348. The fourth-order valence-corrected chi connectivity index (χ4v) is 4.74. The molecule has 3 aliphatic heterocycles. The Morgan fingerprint density at radius 3 is 2.73 bits per heavy atom. The smallest absolute Gasteiger partial charge is 0.255 e. The summed E-state index contributed by atoms with van der Waals surface area (Å²) in [6.07, 6.45) is 1.53. The van der Waals surface area contributed by atoms with Gasteiger partial charge < -0.3 is 15.5 Å². The van der Waals surface area contributed by atoms with Crippen LogP contribution in [-0.4, -0.2) is 35.2 Å². The van der Waals surface area contributed by atoms with Crippen LogP contribution in [0.3, 0.4) is 0 Å². The molecule has 5 rings (SSSR count). The van der Waals surface area contributed by atoms with Crippen molar-refractivity contribution in [1.82, 2.24) is 10.2 Å². The van der Waals surface area contributed by atoms with E-state index < -0.39 is 6.04 Å². The Morgan fingerprint density at radius 1 is 1.07 bits per heavy atom. The van der Waals surface area contributed by atoms with E-state index in [2.05, 4.69) is 28.4 Å². The van der Waals surface area contributed by atoms with Crippen LogP contribution in [0.5, 0.6) is 0 Å². The van der Waals surface area contributed by atoms with Gasteiger partial charge in [0, 0.05) is 43.3 Å². The number of nitrogens with zero attached hydrogens (tertiary/aromatic N) is 2. The Labute approximate surface area is 174 Å². The Balaban J connectivity index is 1.36. The molecule has 3 N–H and O–H groups in total. The number of hydrogen-bond donors (Lipinski definition) is 2. The lowest BCUT2D eigenvalue weighted by atomic mass is 9.96. The van der Waals surface area contributed by atoms with Gasteiger partial charge in [0.15, 0.2) is 0 Å². The van der Waals surface area contributed by atoms with Crippen LogP contribution >= 0.6 is 0 Å². The molecular formula is C23H24N4O3. The second kappa shape index (κ2) is 7.25. The molecular weight excluding hydrogens is 380 g/mol. The molecule has 3 amide bonds. The number of rotatable bonds is 3. The molecule has 2 atom stereocenters. The summed E-state index contributed by atoms with van der Waals surface area (Å²) < 4.78 is 0. The zero-order valence-corrected chi connectivity index (χ0v) is 16.6. The third-order valence-electron chi connectivity index (χ3n) is 6.35. The molecule has 0 saturated carbocycles. The zero-order valence-electron chi connectivity index (χ0n) is 16.6. The van der Waals surface area contributed by atoms with E-state index in [1.165, 1.54) is 0 Å².